The predicted octanol–water partition coefficient (Wildman–Crippen LogP) is 3.63. The minimum atomic E-state index is -1.14. The number of amides is 2. The highest BCUT2D eigenvalue weighted by molar-refractivity contribution is 5.99. The Morgan fingerprint density at radius 1 is 1.17 bits per heavy atom. The first-order chi connectivity index (χ1) is 17.2. The van der Waals surface area contributed by atoms with Gasteiger partial charge in [-0.15, -0.1) is 0 Å². The number of hydrogen-bond acceptors (Lipinski definition) is 4. The number of pyridine rings is 1. The van der Waals surface area contributed by atoms with E-state index in [1.807, 2.05) is 11.8 Å². The Balaban J connectivity index is 1.49. The van der Waals surface area contributed by atoms with E-state index < -0.39 is 40.9 Å². The van der Waals surface area contributed by atoms with Gasteiger partial charge in [0.25, 0.3) is 11.8 Å². The van der Waals surface area contributed by atoms with Gasteiger partial charge >= 0.3 is 0 Å². The average molecular weight is 504 g/mol. The summed E-state index contributed by atoms with van der Waals surface area (Å²) in [6.07, 6.45) is 4.65. The van der Waals surface area contributed by atoms with Crippen molar-refractivity contribution >= 4 is 11.8 Å². The van der Waals surface area contributed by atoms with E-state index in [1.165, 1.54) is 6.20 Å². The van der Waals surface area contributed by atoms with E-state index in [1.54, 1.807) is 4.57 Å². The summed E-state index contributed by atoms with van der Waals surface area (Å²) < 4.78 is 48.6. The van der Waals surface area contributed by atoms with Crippen LogP contribution in [0.2, 0.25) is 0 Å². The number of carbonyl (C=O) groups is 2. The molecule has 7 nitrogen and oxygen atoms in total. The Morgan fingerprint density at radius 2 is 1.89 bits per heavy atom. The van der Waals surface area contributed by atoms with Crippen LogP contribution in [0.3, 0.4) is 0 Å². The maximum Gasteiger partial charge on any atom is 0.275 e. The van der Waals surface area contributed by atoms with Crippen LogP contribution in [-0.4, -0.2) is 40.0 Å². The molecular weight excluding hydrogens is 475 g/mol. The summed E-state index contributed by atoms with van der Waals surface area (Å²) in [4.78, 5) is 41.8. The highest BCUT2D eigenvalue weighted by Gasteiger charge is 2.54. The number of aromatic nitrogens is 1. The lowest BCUT2D eigenvalue weighted by Gasteiger charge is -2.42. The van der Waals surface area contributed by atoms with Crippen molar-refractivity contribution < 1.29 is 27.5 Å². The van der Waals surface area contributed by atoms with Gasteiger partial charge in [0.2, 0.25) is 5.43 Å². The molecule has 1 N–H and O–H groups in total. The first-order valence-electron chi connectivity index (χ1n) is 12.4. The molecule has 0 unspecified atom stereocenters. The van der Waals surface area contributed by atoms with E-state index in [2.05, 4.69) is 12.2 Å². The van der Waals surface area contributed by atoms with Crippen LogP contribution in [0.25, 0.3) is 0 Å². The predicted molar refractivity (Wildman–Crippen MR) is 124 cm³/mol. The van der Waals surface area contributed by atoms with Crippen LogP contribution < -0.4 is 15.5 Å². The van der Waals surface area contributed by atoms with Crippen molar-refractivity contribution in [3.05, 3.63) is 62.8 Å². The number of nitrogens with zero attached hydrogens (tertiary/aromatic N) is 2. The number of nitrogens with one attached hydrogen (secondary N) is 1. The fraction of sp³-hybridized carbons (Fsp3) is 0.500. The largest absolute Gasteiger partial charge is 0.487 e. The summed E-state index contributed by atoms with van der Waals surface area (Å²) in [6, 6.07) is 1.15. The van der Waals surface area contributed by atoms with Crippen LogP contribution >= 0.6 is 0 Å². The van der Waals surface area contributed by atoms with Crippen LogP contribution in [0.4, 0.5) is 13.2 Å². The van der Waals surface area contributed by atoms with Crippen LogP contribution in [0.15, 0.2) is 23.1 Å². The minimum absolute atomic E-state index is 0.0249. The number of unbranched alkanes of at least 4 members (excludes halogenated alkanes) is 1. The van der Waals surface area contributed by atoms with E-state index >= 15 is 0 Å². The summed E-state index contributed by atoms with van der Waals surface area (Å²) in [5.74, 6) is -3.84. The van der Waals surface area contributed by atoms with Crippen molar-refractivity contribution in [3.63, 3.8) is 0 Å². The number of ether oxygens (including phenoxy) is 1. The Bertz CT molecular complexity index is 1270. The van der Waals surface area contributed by atoms with Gasteiger partial charge in [-0.2, -0.15) is 0 Å². The molecule has 0 radical (unpaired) electrons. The van der Waals surface area contributed by atoms with Crippen molar-refractivity contribution in [2.24, 2.45) is 11.8 Å². The monoisotopic (exact) mass is 503 g/mol. The zero-order chi connectivity index (χ0) is 25.7. The summed E-state index contributed by atoms with van der Waals surface area (Å²) in [7, 11) is 0. The first-order valence-corrected chi connectivity index (χ1v) is 12.4. The molecule has 1 aromatic heterocycles. The Kier molecular flexibility index (Phi) is 6.30. The van der Waals surface area contributed by atoms with Crippen molar-refractivity contribution in [2.45, 2.75) is 64.7 Å². The summed E-state index contributed by atoms with van der Waals surface area (Å²) in [5, 5.41) is 2.34. The van der Waals surface area contributed by atoms with Gasteiger partial charge in [-0.3, -0.25) is 14.4 Å². The van der Waals surface area contributed by atoms with E-state index in [-0.39, 0.29) is 41.6 Å². The molecule has 2 aromatic rings. The minimum Gasteiger partial charge on any atom is -0.487 e. The fourth-order valence-electron chi connectivity index (χ4n) is 5.97. The lowest BCUT2D eigenvalue weighted by Crippen LogP contribution is -2.53. The van der Waals surface area contributed by atoms with Crippen LogP contribution in [-0.2, 0) is 13.1 Å². The topological polar surface area (TPSA) is 80.6 Å². The van der Waals surface area contributed by atoms with Gasteiger partial charge < -0.3 is 19.5 Å². The molecule has 1 saturated heterocycles. The molecule has 0 spiro atoms. The van der Waals surface area contributed by atoms with Crippen LogP contribution in [0, 0.1) is 29.3 Å². The molecule has 2 amide bonds. The van der Waals surface area contributed by atoms with Gasteiger partial charge in [-0.1, -0.05) is 20.3 Å². The third kappa shape index (κ3) is 3.96. The number of rotatable bonds is 7. The van der Waals surface area contributed by atoms with Gasteiger partial charge in [0, 0.05) is 43.0 Å². The molecule has 36 heavy (non-hydrogen) atoms. The second-order valence-corrected chi connectivity index (χ2v) is 9.98. The third-order valence-corrected chi connectivity index (χ3v) is 7.74. The molecule has 1 aromatic carbocycles. The SMILES string of the molecule is CCCCOc1c2n(cc(C(=O)NCc3c(F)cc(F)cc3F)c1=O)C[C@H]1[C@H]3C[C@H](C[C@H]3C)N1C2=O. The molecular formula is C26H28F3N3O4. The summed E-state index contributed by atoms with van der Waals surface area (Å²) >= 11 is 0. The number of fused-ring (bicyclic) bond motifs is 6. The van der Waals surface area contributed by atoms with E-state index in [4.69, 9.17) is 4.74 Å². The Morgan fingerprint density at radius 3 is 2.58 bits per heavy atom. The second-order valence-electron chi connectivity index (χ2n) is 9.98. The molecule has 2 bridgehead atoms. The zero-order valence-corrected chi connectivity index (χ0v) is 20.2. The maximum absolute atomic E-state index is 14.0. The van der Waals surface area contributed by atoms with E-state index in [0.717, 1.165) is 19.3 Å². The molecule has 4 atom stereocenters. The highest BCUT2D eigenvalue weighted by atomic mass is 19.1. The van der Waals surface area contributed by atoms with Crippen LogP contribution in [0.1, 0.15) is 65.9 Å². The number of halogens is 3. The number of carbonyl (C=O) groups excluding carboxylic acids is 2. The lowest BCUT2D eigenvalue weighted by molar-refractivity contribution is 0.0413. The molecule has 2 fully saturated rings. The summed E-state index contributed by atoms with van der Waals surface area (Å²) in [5.41, 5.74) is -1.42. The van der Waals surface area contributed by atoms with E-state index in [9.17, 15) is 27.6 Å². The number of piperidine rings is 1. The maximum atomic E-state index is 14.0. The first kappa shape index (κ1) is 24.4. The fourth-order valence-corrected chi connectivity index (χ4v) is 5.97. The molecule has 192 valence electrons. The standard InChI is InChI=1S/C26H28F3N3O4/c1-3-4-5-36-24-22-26(35)32-15-6-13(2)16(9-15)21(32)12-31(22)11-18(23(24)33)25(34)30-10-17-19(28)7-14(27)8-20(17)29/h7-8,11,13,15-16,21H,3-6,9-10,12H2,1-2H3,(H,30,34)/t13-,15+,16+,21+/m1/s1. The molecule has 1 saturated carbocycles. The highest BCUT2D eigenvalue weighted by Crippen LogP contribution is 2.49. The van der Waals surface area contributed by atoms with Crippen LogP contribution in [0.5, 0.6) is 5.75 Å². The Labute approximate surface area is 206 Å². The van der Waals surface area contributed by atoms with Gasteiger partial charge in [0.1, 0.15) is 23.0 Å². The van der Waals surface area contributed by atoms with Gasteiger partial charge in [0.05, 0.1) is 12.6 Å². The average Bonchev–Trinajstić information content (AvgIpc) is 3.37. The molecule has 1 aliphatic carbocycles. The Hall–Kier alpha value is -3.30. The van der Waals surface area contributed by atoms with Crippen molar-refractivity contribution in [1.29, 1.82) is 0 Å². The van der Waals surface area contributed by atoms with Gasteiger partial charge in [-0.25, -0.2) is 13.2 Å². The number of hydrogen-bond donors (Lipinski definition) is 1. The second kappa shape index (κ2) is 9.29. The quantitative estimate of drug-likeness (QED) is 0.586. The summed E-state index contributed by atoms with van der Waals surface area (Å²) in [6.45, 7) is 4.19. The van der Waals surface area contributed by atoms with Gasteiger partial charge in [-0.05, 0) is 31.1 Å². The molecule has 2 aliphatic heterocycles. The smallest absolute Gasteiger partial charge is 0.275 e. The van der Waals surface area contributed by atoms with E-state index in [0.29, 0.717) is 36.9 Å². The van der Waals surface area contributed by atoms with Crippen molar-refractivity contribution in [1.82, 2.24) is 14.8 Å². The molecule has 10 heteroatoms. The normalized spacial score (nSPS) is 24.0. The molecule has 3 aliphatic rings. The molecule has 5 rings (SSSR count). The third-order valence-electron chi connectivity index (χ3n) is 7.74. The zero-order valence-electron chi connectivity index (χ0n) is 20.2. The number of benzene rings is 1. The van der Waals surface area contributed by atoms with Crippen molar-refractivity contribution in [3.8, 4) is 5.75 Å². The lowest BCUT2D eigenvalue weighted by atomic mass is 9.87. The van der Waals surface area contributed by atoms with Crippen molar-refractivity contribution in [2.75, 3.05) is 6.61 Å². The molecule has 3 heterocycles. The van der Waals surface area contributed by atoms with Gasteiger partial charge in [0.15, 0.2) is 11.4 Å².